The van der Waals surface area contributed by atoms with Gasteiger partial charge in [0, 0.05) is 13.2 Å². The number of aryl methyl sites for hydroxylation is 1. The molecule has 1 aromatic heterocycles. The number of anilines is 1. The van der Waals surface area contributed by atoms with E-state index < -0.39 is 0 Å². The minimum Gasteiger partial charge on any atom is -0.378 e. The molecule has 0 spiro atoms. The van der Waals surface area contributed by atoms with E-state index in [4.69, 9.17) is 11.6 Å². The van der Waals surface area contributed by atoms with Crippen molar-refractivity contribution in [2.45, 2.75) is 6.54 Å². The highest BCUT2D eigenvalue weighted by atomic mass is 79.9. The van der Waals surface area contributed by atoms with Crippen molar-refractivity contribution in [3.63, 3.8) is 0 Å². The largest absolute Gasteiger partial charge is 0.378 e. The van der Waals surface area contributed by atoms with E-state index in [0.717, 1.165) is 22.4 Å². The zero-order chi connectivity index (χ0) is 11.5. The Balaban J connectivity index is 2.11. The molecular formula is C11H11BrClN3. The first-order valence-electron chi connectivity index (χ1n) is 4.81. The molecular weight excluding hydrogens is 289 g/mol. The second kappa shape index (κ2) is 4.89. The number of benzene rings is 1. The molecule has 0 unspecified atom stereocenters. The number of nitrogens with one attached hydrogen (secondary N) is 1. The Morgan fingerprint density at radius 3 is 3.00 bits per heavy atom. The standard InChI is InChI=1S/C11H11BrClN3/c1-16-7-14-5-8(16)6-15-10-4-2-3-9(13)11(10)12/h2-5,7,15H,6H2,1H3. The van der Waals surface area contributed by atoms with Crippen LogP contribution in [0.5, 0.6) is 0 Å². The molecule has 0 radical (unpaired) electrons. The second-order valence-electron chi connectivity index (χ2n) is 3.45. The van der Waals surface area contributed by atoms with Crippen LogP contribution in [-0.4, -0.2) is 9.55 Å². The molecule has 0 aliphatic heterocycles. The first kappa shape index (κ1) is 11.5. The maximum Gasteiger partial charge on any atom is 0.0946 e. The fraction of sp³-hybridized carbons (Fsp3) is 0.182. The lowest BCUT2D eigenvalue weighted by Gasteiger charge is -2.09. The minimum absolute atomic E-state index is 0.704. The van der Waals surface area contributed by atoms with Crippen LogP contribution in [0.25, 0.3) is 0 Å². The van der Waals surface area contributed by atoms with Crippen molar-refractivity contribution in [3.05, 3.63) is 45.9 Å². The molecule has 0 bridgehead atoms. The van der Waals surface area contributed by atoms with Gasteiger partial charge in [0.2, 0.25) is 0 Å². The maximum absolute atomic E-state index is 6.00. The monoisotopic (exact) mass is 299 g/mol. The lowest BCUT2D eigenvalue weighted by molar-refractivity contribution is 0.837. The fourth-order valence-electron chi connectivity index (χ4n) is 1.38. The van der Waals surface area contributed by atoms with Gasteiger partial charge in [0.1, 0.15) is 0 Å². The van der Waals surface area contributed by atoms with Gasteiger partial charge in [0.25, 0.3) is 0 Å². The zero-order valence-electron chi connectivity index (χ0n) is 8.74. The van der Waals surface area contributed by atoms with Gasteiger partial charge in [-0.2, -0.15) is 0 Å². The Kier molecular flexibility index (Phi) is 3.51. The van der Waals surface area contributed by atoms with E-state index in [2.05, 4.69) is 26.2 Å². The summed E-state index contributed by atoms with van der Waals surface area (Å²) >= 11 is 9.45. The fourth-order valence-corrected chi connectivity index (χ4v) is 1.96. The summed E-state index contributed by atoms with van der Waals surface area (Å²) in [6.45, 7) is 0.718. The predicted octanol–water partition coefficient (Wildman–Crippen LogP) is 3.45. The first-order chi connectivity index (χ1) is 7.68. The third kappa shape index (κ3) is 2.39. The SMILES string of the molecule is Cn1cncc1CNc1cccc(Cl)c1Br. The van der Waals surface area contributed by atoms with Gasteiger partial charge >= 0.3 is 0 Å². The number of hydrogen-bond donors (Lipinski definition) is 1. The van der Waals surface area contributed by atoms with Crippen LogP contribution in [0.3, 0.4) is 0 Å². The van der Waals surface area contributed by atoms with Crippen LogP contribution in [-0.2, 0) is 13.6 Å². The zero-order valence-corrected chi connectivity index (χ0v) is 11.1. The highest BCUT2D eigenvalue weighted by molar-refractivity contribution is 9.10. The van der Waals surface area contributed by atoms with Gasteiger partial charge in [0.05, 0.1) is 33.7 Å². The minimum atomic E-state index is 0.704. The van der Waals surface area contributed by atoms with Gasteiger partial charge in [-0.15, -0.1) is 0 Å². The smallest absolute Gasteiger partial charge is 0.0946 e. The van der Waals surface area contributed by atoms with Crippen LogP contribution >= 0.6 is 27.5 Å². The summed E-state index contributed by atoms with van der Waals surface area (Å²) < 4.78 is 2.87. The number of aromatic nitrogens is 2. The van der Waals surface area contributed by atoms with Crippen molar-refractivity contribution < 1.29 is 0 Å². The number of rotatable bonds is 3. The van der Waals surface area contributed by atoms with Crippen LogP contribution in [0.1, 0.15) is 5.69 Å². The first-order valence-corrected chi connectivity index (χ1v) is 5.98. The van der Waals surface area contributed by atoms with Gasteiger partial charge in [-0.25, -0.2) is 4.98 Å². The number of halogens is 2. The van der Waals surface area contributed by atoms with Crippen LogP contribution in [0.15, 0.2) is 35.2 Å². The molecule has 1 N–H and O–H groups in total. The average Bonchev–Trinajstić information content (AvgIpc) is 2.67. The Hall–Kier alpha value is -1.000. The van der Waals surface area contributed by atoms with Crippen molar-refractivity contribution in [3.8, 4) is 0 Å². The number of imidazole rings is 1. The topological polar surface area (TPSA) is 29.9 Å². The summed E-state index contributed by atoms with van der Waals surface area (Å²) in [4.78, 5) is 4.06. The summed E-state index contributed by atoms with van der Waals surface area (Å²) in [5.41, 5.74) is 2.10. The van der Waals surface area contributed by atoms with Crippen LogP contribution in [0.4, 0.5) is 5.69 Å². The maximum atomic E-state index is 6.00. The van der Waals surface area contributed by atoms with Crippen LogP contribution in [0, 0.1) is 0 Å². The van der Waals surface area contributed by atoms with Gasteiger partial charge in [-0.05, 0) is 28.1 Å². The molecule has 0 fully saturated rings. The molecule has 0 aliphatic rings. The average molecular weight is 301 g/mol. The van der Waals surface area contributed by atoms with Crippen molar-refractivity contribution >= 4 is 33.2 Å². The van der Waals surface area contributed by atoms with Gasteiger partial charge in [-0.3, -0.25) is 0 Å². The molecule has 2 rings (SSSR count). The molecule has 0 saturated heterocycles. The van der Waals surface area contributed by atoms with E-state index in [1.54, 1.807) is 6.33 Å². The quantitative estimate of drug-likeness (QED) is 0.941. The molecule has 5 heteroatoms. The van der Waals surface area contributed by atoms with Crippen molar-refractivity contribution in [2.24, 2.45) is 7.05 Å². The molecule has 3 nitrogen and oxygen atoms in total. The molecule has 1 aromatic carbocycles. The molecule has 16 heavy (non-hydrogen) atoms. The third-order valence-corrected chi connectivity index (χ3v) is 3.73. The number of hydrogen-bond acceptors (Lipinski definition) is 2. The van der Waals surface area contributed by atoms with E-state index in [1.807, 2.05) is 36.0 Å². The predicted molar refractivity (Wildman–Crippen MR) is 69.7 cm³/mol. The molecule has 2 aromatic rings. The summed E-state index contributed by atoms with van der Waals surface area (Å²) in [6, 6.07) is 5.74. The third-order valence-electron chi connectivity index (χ3n) is 2.33. The molecule has 84 valence electrons. The van der Waals surface area contributed by atoms with Crippen molar-refractivity contribution in [2.75, 3.05) is 5.32 Å². The summed E-state index contributed by atoms with van der Waals surface area (Å²) in [7, 11) is 1.97. The van der Waals surface area contributed by atoms with Gasteiger partial charge < -0.3 is 9.88 Å². The highest BCUT2D eigenvalue weighted by Gasteiger charge is 2.04. The van der Waals surface area contributed by atoms with Crippen molar-refractivity contribution in [1.29, 1.82) is 0 Å². The lowest BCUT2D eigenvalue weighted by atomic mass is 10.3. The Morgan fingerprint density at radius 1 is 1.50 bits per heavy atom. The van der Waals surface area contributed by atoms with E-state index in [9.17, 15) is 0 Å². The highest BCUT2D eigenvalue weighted by Crippen LogP contribution is 2.30. The Bertz CT molecular complexity index is 496. The lowest BCUT2D eigenvalue weighted by Crippen LogP contribution is -2.04. The van der Waals surface area contributed by atoms with Crippen LogP contribution < -0.4 is 5.32 Å². The molecule has 0 amide bonds. The van der Waals surface area contributed by atoms with E-state index >= 15 is 0 Å². The normalized spacial score (nSPS) is 10.4. The van der Waals surface area contributed by atoms with E-state index in [-0.39, 0.29) is 0 Å². The van der Waals surface area contributed by atoms with Crippen molar-refractivity contribution in [1.82, 2.24) is 9.55 Å². The Morgan fingerprint density at radius 2 is 2.31 bits per heavy atom. The van der Waals surface area contributed by atoms with Gasteiger partial charge in [0.15, 0.2) is 0 Å². The molecule has 0 aliphatic carbocycles. The number of nitrogens with zero attached hydrogens (tertiary/aromatic N) is 2. The van der Waals surface area contributed by atoms with Gasteiger partial charge in [-0.1, -0.05) is 17.7 Å². The summed E-state index contributed by atoms with van der Waals surface area (Å²) in [5, 5.41) is 4.01. The second-order valence-corrected chi connectivity index (χ2v) is 4.65. The van der Waals surface area contributed by atoms with Crippen LogP contribution in [0.2, 0.25) is 5.02 Å². The Labute approximate surface area is 108 Å². The molecule has 0 atom stereocenters. The summed E-state index contributed by atoms with van der Waals surface area (Å²) in [5.74, 6) is 0. The van der Waals surface area contributed by atoms with E-state index in [1.165, 1.54) is 0 Å². The van der Waals surface area contributed by atoms with E-state index in [0.29, 0.717) is 5.02 Å². The summed E-state index contributed by atoms with van der Waals surface area (Å²) in [6.07, 6.45) is 3.62. The molecule has 1 heterocycles. The molecule has 0 saturated carbocycles.